The molecule has 3 nitrogen and oxygen atoms in total. The molecule has 0 N–H and O–H groups in total. The molecular weight excluding hydrogens is 356 g/mol. The number of benzene rings is 2. The highest BCUT2D eigenvalue weighted by molar-refractivity contribution is 6.30. The summed E-state index contributed by atoms with van der Waals surface area (Å²) in [4.78, 5) is 0. The molecule has 27 heavy (non-hydrogen) atoms. The number of rotatable bonds is 4. The van der Waals surface area contributed by atoms with Crippen molar-refractivity contribution in [2.24, 2.45) is 0 Å². The van der Waals surface area contributed by atoms with E-state index in [2.05, 4.69) is 16.7 Å². The van der Waals surface area contributed by atoms with Crippen LogP contribution in [-0.4, -0.2) is 11.7 Å². The average Bonchev–Trinajstić information content (AvgIpc) is 2.93. The Labute approximate surface area is 165 Å². The van der Waals surface area contributed by atoms with E-state index < -0.39 is 0 Å². The number of allylic oxidation sites excluding steroid dienone is 1. The van der Waals surface area contributed by atoms with Crippen LogP contribution in [0.5, 0.6) is 5.75 Å². The van der Waals surface area contributed by atoms with Gasteiger partial charge in [0.1, 0.15) is 5.75 Å². The monoisotopic (exact) mass is 376 g/mol. The van der Waals surface area contributed by atoms with Gasteiger partial charge in [-0.15, -0.1) is 0 Å². The quantitative estimate of drug-likeness (QED) is 0.514. The summed E-state index contributed by atoms with van der Waals surface area (Å²) in [6.07, 6.45) is 1.93. The molecule has 1 heterocycles. The van der Waals surface area contributed by atoms with Crippen molar-refractivity contribution in [1.82, 2.24) is 4.57 Å². The fourth-order valence-corrected chi connectivity index (χ4v) is 3.38. The molecule has 2 aromatic carbocycles. The first-order chi connectivity index (χ1) is 12.9. The molecular formula is C23H21ClN2O. The summed E-state index contributed by atoms with van der Waals surface area (Å²) in [5.41, 5.74) is 6.65. The Morgan fingerprint density at radius 1 is 1.07 bits per heavy atom. The second-order valence-electron chi connectivity index (χ2n) is 6.51. The van der Waals surface area contributed by atoms with Crippen molar-refractivity contribution in [3.63, 3.8) is 0 Å². The Morgan fingerprint density at radius 2 is 1.78 bits per heavy atom. The molecule has 4 heteroatoms. The number of aromatic nitrogens is 1. The van der Waals surface area contributed by atoms with E-state index in [0.717, 1.165) is 34.0 Å². The first-order valence-electron chi connectivity index (χ1n) is 8.66. The summed E-state index contributed by atoms with van der Waals surface area (Å²) in [5.74, 6) is 0.746. The fraction of sp³-hybridized carbons (Fsp3) is 0.174. The first-order valence-corrected chi connectivity index (χ1v) is 9.04. The number of hydrogen-bond donors (Lipinski definition) is 0. The van der Waals surface area contributed by atoms with Crippen LogP contribution in [0.4, 0.5) is 0 Å². The predicted octanol–water partition coefficient (Wildman–Crippen LogP) is 6.13. The summed E-state index contributed by atoms with van der Waals surface area (Å²) in [6, 6.07) is 17.9. The Morgan fingerprint density at radius 3 is 2.41 bits per heavy atom. The summed E-state index contributed by atoms with van der Waals surface area (Å²) < 4.78 is 7.61. The molecule has 0 saturated heterocycles. The van der Waals surface area contributed by atoms with Gasteiger partial charge in [0.15, 0.2) is 0 Å². The van der Waals surface area contributed by atoms with Gasteiger partial charge in [-0.2, -0.15) is 5.26 Å². The molecule has 0 bridgehead atoms. The molecule has 0 aliphatic rings. The van der Waals surface area contributed by atoms with E-state index in [4.69, 9.17) is 16.3 Å². The maximum atomic E-state index is 9.65. The van der Waals surface area contributed by atoms with Gasteiger partial charge in [-0.1, -0.05) is 41.4 Å². The normalized spacial score (nSPS) is 11.3. The molecule has 0 aliphatic heterocycles. The highest BCUT2D eigenvalue weighted by Gasteiger charge is 2.14. The summed E-state index contributed by atoms with van der Waals surface area (Å²) in [5, 5.41) is 10.3. The van der Waals surface area contributed by atoms with Gasteiger partial charge in [-0.25, -0.2) is 0 Å². The zero-order valence-corrected chi connectivity index (χ0v) is 16.6. The maximum Gasteiger partial charge on any atom is 0.142 e. The fourth-order valence-electron chi connectivity index (χ4n) is 3.21. The van der Waals surface area contributed by atoms with E-state index >= 15 is 0 Å². The van der Waals surface area contributed by atoms with Crippen LogP contribution in [0.2, 0.25) is 5.02 Å². The third kappa shape index (κ3) is 3.77. The van der Waals surface area contributed by atoms with Crippen molar-refractivity contribution in [3.05, 3.63) is 81.6 Å². The van der Waals surface area contributed by atoms with Crippen LogP contribution in [-0.2, 0) is 0 Å². The van der Waals surface area contributed by atoms with Gasteiger partial charge < -0.3 is 9.30 Å². The minimum Gasteiger partial charge on any atom is -0.495 e. The SMILES string of the molecule is COc1ccc(Cl)cc1-n1c(C)cc(/C=C(/C#N)c2ccc(C)cc2)c1C. The van der Waals surface area contributed by atoms with E-state index in [1.165, 1.54) is 5.56 Å². The number of hydrogen-bond acceptors (Lipinski definition) is 2. The van der Waals surface area contributed by atoms with Crippen LogP contribution in [0.3, 0.4) is 0 Å². The van der Waals surface area contributed by atoms with Crippen LogP contribution >= 0.6 is 11.6 Å². The number of nitriles is 1. The van der Waals surface area contributed by atoms with Crippen molar-refractivity contribution >= 4 is 23.3 Å². The molecule has 0 spiro atoms. The molecule has 136 valence electrons. The van der Waals surface area contributed by atoms with Crippen molar-refractivity contribution in [1.29, 1.82) is 5.26 Å². The van der Waals surface area contributed by atoms with E-state index in [9.17, 15) is 5.26 Å². The maximum absolute atomic E-state index is 9.65. The van der Waals surface area contributed by atoms with Crippen LogP contribution in [0.25, 0.3) is 17.3 Å². The number of ether oxygens (including phenoxy) is 1. The van der Waals surface area contributed by atoms with Gasteiger partial charge in [0.2, 0.25) is 0 Å². The number of aryl methyl sites for hydroxylation is 2. The molecule has 0 amide bonds. The van der Waals surface area contributed by atoms with Crippen LogP contribution in [0, 0.1) is 32.1 Å². The zero-order chi connectivity index (χ0) is 19.6. The number of halogens is 1. The Kier molecular flexibility index (Phi) is 5.39. The van der Waals surface area contributed by atoms with E-state index in [0.29, 0.717) is 10.6 Å². The second-order valence-corrected chi connectivity index (χ2v) is 6.95. The molecule has 0 unspecified atom stereocenters. The second kappa shape index (κ2) is 7.73. The van der Waals surface area contributed by atoms with Crippen LogP contribution in [0.15, 0.2) is 48.5 Å². The van der Waals surface area contributed by atoms with Gasteiger partial charge in [0, 0.05) is 16.4 Å². The Hall–Kier alpha value is -2.96. The summed E-state index contributed by atoms with van der Waals surface area (Å²) >= 11 is 6.21. The standard InChI is InChI=1S/C23H21ClN2O/c1-15-5-7-18(8-6-15)20(14-25)12-19-11-16(2)26(17(19)3)22-13-21(24)9-10-23(22)27-4/h5-13H,1-4H3/b20-12-. The lowest BCUT2D eigenvalue weighted by atomic mass is 10.0. The molecule has 1 aromatic heterocycles. The third-order valence-electron chi connectivity index (χ3n) is 4.63. The average molecular weight is 377 g/mol. The molecule has 0 atom stereocenters. The van der Waals surface area contributed by atoms with Crippen molar-refractivity contribution in [3.8, 4) is 17.5 Å². The van der Waals surface area contributed by atoms with Crippen molar-refractivity contribution in [2.75, 3.05) is 7.11 Å². The summed E-state index contributed by atoms with van der Waals surface area (Å²) in [7, 11) is 1.65. The van der Waals surface area contributed by atoms with E-state index in [1.54, 1.807) is 7.11 Å². The van der Waals surface area contributed by atoms with Crippen LogP contribution < -0.4 is 4.74 Å². The van der Waals surface area contributed by atoms with Gasteiger partial charge in [0.05, 0.1) is 24.4 Å². The van der Waals surface area contributed by atoms with Gasteiger partial charge in [0.25, 0.3) is 0 Å². The Balaban J connectivity index is 2.13. The van der Waals surface area contributed by atoms with Crippen LogP contribution in [0.1, 0.15) is 28.1 Å². The smallest absolute Gasteiger partial charge is 0.142 e. The molecule has 0 radical (unpaired) electrons. The highest BCUT2D eigenvalue weighted by Crippen LogP contribution is 2.32. The minimum absolute atomic E-state index is 0.633. The lowest BCUT2D eigenvalue weighted by Crippen LogP contribution is -2.02. The lowest BCUT2D eigenvalue weighted by Gasteiger charge is -2.14. The minimum atomic E-state index is 0.633. The van der Waals surface area contributed by atoms with Crippen molar-refractivity contribution < 1.29 is 4.74 Å². The van der Waals surface area contributed by atoms with Gasteiger partial charge in [-0.05, 0) is 62.2 Å². The highest BCUT2D eigenvalue weighted by atomic mass is 35.5. The molecule has 0 saturated carbocycles. The third-order valence-corrected chi connectivity index (χ3v) is 4.87. The predicted molar refractivity (Wildman–Crippen MR) is 111 cm³/mol. The Bertz CT molecular complexity index is 1050. The number of methoxy groups -OCH3 is 1. The van der Waals surface area contributed by atoms with E-state index in [1.807, 2.05) is 69.3 Å². The molecule has 3 rings (SSSR count). The molecule has 3 aromatic rings. The topological polar surface area (TPSA) is 38.0 Å². The lowest BCUT2D eigenvalue weighted by molar-refractivity contribution is 0.412. The largest absolute Gasteiger partial charge is 0.495 e. The van der Waals surface area contributed by atoms with Gasteiger partial charge in [-0.3, -0.25) is 0 Å². The summed E-state index contributed by atoms with van der Waals surface area (Å²) in [6.45, 7) is 6.09. The molecule has 0 aliphatic carbocycles. The first kappa shape index (κ1) is 18.8. The van der Waals surface area contributed by atoms with Crippen molar-refractivity contribution in [2.45, 2.75) is 20.8 Å². The number of nitrogens with zero attached hydrogens (tertiary/aromatic N) is 2. The zero-order valence-electron chi connectivity index (χ0n) is 15.9. The van der Waals surface area contributed by atoms with E-state index in [-0.39, 0.29) is 0 Å². The molecule has 0 fully saturated rings. The van der Waals surface area contributed by atoms with Gasteiger partial charge >= 0.3 is 0 Å².